The van der Waals surface area contributed by atoms with Crippen LogP contribution in [0.25, 0.3) is 10.8 Å². The summed E-state index contributed by atoms with van der Waals surface area (Å²) in [6, 6.07) is 5.19. The zero-order valence-corrected chi connectivity index (χ0v) is 31.8. The first kappa shape index (κ1) is 38.5. The summed E-state index contributed by atoms with van der Waals surface area (Å²) < 4.78 is 49.6. The number of likely N-dealkylation sites (tertiary alicyclic amines) is 1. The number of ether oxygens (including phenoxy) is 3. The van der Waals surface area contributed by atoms with Gasteiger partial charge in [-0.2, -0.15) is 8.42 Å². The molecule has 6 rings (SSSR count). The Morgan fingerprint density at radius 2 is 1.77 bits per heavy atom. The van der Waals surface area contributed by atoms with E-state index in [0.717, 1.165) is 24.6 Å². The van der Waals surface area contributed by atoms with Crippen LogP contribution in [0.2, 0.25) is 0 Å². The molecule has 2 aromatic rings. The highest BCUT2D eigenvalue weighted by atomic mass is 32.2. The SMILES string of the molecule is CC[C@@H]1C[C@]1(NC(=O)[C@@H]1CC(Oc2nccc3cc(OC)ccc23)CN1C(=O)[C@@H](NC(=O)OC(C)(C)C)C1CCCCC1)C(=O)NS(=O)(=O)OC1CC1. The van der Waals surface area contributed by atoms with Gasteiger partial charge in [-0.3, -0.25) is 18.6 Å². The molecular formula is C37H51N5O10S. The second kappa shape index (κ2) is 15.3. The maximum atomic E-state index is 14.7. The number of pyridine rings is 1. The predicted molar refractivity (Wildman–Crippen MR) is 193 cm³/mol. The number of fused-ring (bicyclic) bond motifs is 1. The van der Waals surface area contributed by atoms with E-state index < -0.39 is 69.6 Å². The van der Waals surface area contributed by atoms with Gasteiger partial charge in [0.25, 0.3) is 5.91 Å². The predicted octanol–water partition coefficient (Wildman–Crippen LogP) is 3.89. The molecule has 15 nitrogen and oxygen atoms in total. The van der Waals surface area contributed by atoms with E-state index in [1.807, 2.05) is 29.8 Å². The highest BCUT2D eigenvalue weighted by molar-refractivity contribution is 7.85. The molecule has 53 heavy (non-hydrogen) atoms. The van der Waals surface area contributed by atoms with Crippen molar-refractivity contribution in [3.63, 3.8) is 0 Å². The lowest BCUT2D eigenvalue weighted by atomic mass is 9.83. The van der Waals surface area contributed by atoms with Crippen molar-refractivity contribution in [1.29, 1.82) is 0 Å². The molecule has 1 aromatic heterocycles. The van der Waals surface area contributed by atoms with Gasteiger partial charge in [0, 0.05) is 18.0 Å². The van der Waals surface area contributed by atoms with E-state index in [1.165, 1.54) is 4.90 Å². The van der Waals surface area contributed by atoms with Crippen LogP contribution in [0.1, 0.15) is 91.9 Å². The lowest BCUT2D eigenvalue weighted by Gasteiger charge is -2.35. The first-order valence-corrected chi connectivity index (χ1v) is 20.0. The summed E-state index contributed by atoms with van der Waals surface area (Å²) in [6.45, 7) is 7.05. The van der Waals surface area contributed by atoms with E-state index in [2.05, 4.69) is 15.6 Å². The molecule has 290 valence electrons. The van der Waals surface area contributed by atoms with Gasteiger partial charge in [-0.05, 0) is 94.4 Å². The molecule has 3 saturated carbocycles. The largest absolute Gasteiger partial charge is 0.497 e. The molecule has 1 unspecified atom stereocenters. The number of nitrogens with zero attached hydrogens (tertiary/aromatic N) is 2. The monoisotopic (exact) mass is 757 g/mol. The minimum absolute atomic E-state index is 0.00955. The zero-order valence-electron chi connectivity index (χ0n) is 31.0. The van der Waals surface area contributed by atoms with Crippen LogP contribution in [-0.2, 0) is 33.6 Å². The van der Waals surface area contributed by atoms with Gasteiger partial charge in [0.15, 0.2) is 0 Å². The molecule has 3 N–H and O–H groups in total. The van der Waals surface area contributed by atoms with Crippen LogP contribution in [0.15, 0.2) is 30.5 Å². The second-order valence-electron chi connectivity index (χ2n) is 15.7. The van der Waals surface area contributed by atoms with Gasteiger partial charge in [0.05, 0.1) is 19.8 Å². The number of rotatable bonds is 13. The van der Waals surface area contributed by atoms with Crippen molar-refractivity contribution in [2.24, 2.45) is 11.8 Å². The normalized spacial score (nSPS) is 25.3. The first-order valence-electron chi connectivity index (χ1n) is 18.6. The van der Waals surface area contributed by atoms with Crippen molar-refractivity contribution in [3.8, 4) is 11.6 Å². The minimum atomic E-state index is -4.39. The molecule has 3 aliphatic carbocycles. The Kier molecular flexibility index (Phi) is 11.1. The number of hydrogen-bond donors (Lipinski definition) is 3. The van der Waals surface area contributed by atoms with Crippen LogP contribution < -0.4 is 24.8 Å². The summed E-state index contributed by atoms with van der Waals surface area (Å²) in [6.07, 6.45) is 5.84. The summed E-state index contributed by atoms with van der Waals surface area (Å²) in [4.78, 5) is 61.6. The van der Waals surface area contributed by atoms with Crippen LogP contribution >= 0.6 is 0 Å². The van der Waals surface area contributed by atoms with Crippen LogP contribution in [0.3, 0.4) is 0 Å². The van der Waals surface area contributed by atoms with Crippen LogP contribution in [-0.4, -0.2) is 91.2 Å². The third kappa shape index (κ3) is 9.14. The molecule has 0 spiro atoms. The van der Waals surface area contributed by atoms with Gasteiger partial charge in [-0.15, -0.1) is 0 Å². The van der Waals surface area contributed by atoms with E-state index in [-0.39, 0.29) is 31.2 Å². The molecule has 4 aliphatic rings. The number of benzene rings is 1. The maximum absolute atomic E-state index is 14.7. The molecule has 0 bridgehead atoms. The lowest BCUT2D eigenvalue weighted by molar-refractivity contribution is -0.142. The van der Waals surface area contributed by atoms with Crippen molar-refractivity contribution in [3.05, 3.63) is 30.5 Å². The summed E-state index contributed by atoms with van der Waals surface area (Å²) in [5.74, 6) is -1.54. The highest BCUT2D eigenvalue weighted by Gasteiger charge is 2.62. The molecule has 0 radical (unpaired) electrons. The zero-order chi connectivity index (χ0) is 38.1. The van der Waals surface area contributed by atoms with Gasteiger partial charge in [-0.25, -0.2) is 14.5 Å². The van der Waals surface area contributed by atoms with E-state index in [1.54, 1.807) is 40.1 Å². The smallest absolute Gasteiger partial charge is 0.408 e. The van der Waals surface area contributed by atoms with E-state index >= 15 is 0 Å². The number of aromatic nitrogens is 1. The molecule has 1 aromatic carbocycles. The standard InChI is InChI=1S/C37H51N5O10S/c1-6-24-20-37(24,34(45)41-53(47,48)52-25-12-13-25)40-31(43)29-19-27(50-32-28-15-14-26(49-5)18-23(28)16-17-38-32)21-42(29)33(44)30(22-10-8-7-9-11-22)39-35(46)51-36(2,3)4/h14-18,22,24-25,27,29-30H,6-13,19-21H2,1-5H3,(H,39,46)(H,40,43)(H,41,45)/t24-,27?,29+,30+,37-/m1/s1. The third-order valence-electron chi connectivity index (χ3n) is 10.5. The molecule has 16 heteroatoms. The van der Waals surface area contributed by atoms with Crippen molar-refractivity contribution in [2.45, 2.75) is 127 Å². The Bertz CT molecular complexity index is 1820. The Labute approximate surface area is 310 Å². The minimum Gasteiger partial charge on any atom is -0.497 e. The Balaban J connectivity index is 1.28. The van der Waals surface area contributed by atoms with Crippen LogP contribution in [0.4, 0.5) is 4.79 Å². The average Bonchev–Trinajstić information content (AvgIpc) is 4.02. The summed E-state index contributed by atoms with van der Waals surface area (Å²) in [5, 5.41) is 7.20. The fourth-order valence-electron chi connectivity index (χ4n) is 7.53. The summed E-state index contributed by atoms with van der Waals surface area (Å²) in [5.41, 5.74) is -2.31. The summed E-state index contributed by atoms with van der Waals surface area (Å²) in [7, 11) is -2.81. The number of carbonyl (C=O) groups is 4. The number of carbonyl (C=O) groups excluding carboxylic acids is 4. The highest BCUT2D eigenvalue weighted by Crippen LogP contribution is 2.47. The number of amides is 4. The van der Waals surface area contributed by atoms with Crippen molar-refractivity contribution in [2.75, 3.05) is 13.7 Å². The Morgan fingerprint density at radius 3 is 2.42 bits per heavy atom. The van der Waals surface area contributed by atoms with Gasteiger partial charge in [0.1, 0.15) is 35.1 Å². The molecule has 4 amide bonds. The van der Waals surface area contributed by atoms with Gasteiger partial charge < -0.3 is 29.7 Å². The van der Waals surface area contributed by atoms with Gasteiger partial charge in [0.2, 0.25) is 17.7 Å². The van der Waals surface area contributed by atoms with Crippen molar-refractivity contribution in [1.82, 2.24) is 25.2 Å². The maximum Gasteiger partial charge on any atom is 0.408 e. The first-order chi connectivity index (χ1) is 25.1. The van der Waals surface area contributed by atoms with Crippen molar-refractivity contribution >= 4 is 44.9 Å². The number of hydrogen-bond acceptors (Lipinski definition) is 11. The quantitative estimate of drug-likeness (QED) is 0.269. The lowest BCUT2D eigenvalue weighted by Crippen LogP contribution is -2.59. The van der Waals surface area contributed by atoms with Gasteiger partial charge in [-0.1, -0.05) is 32.6 Å². The second-order valence-corrected chi connectivity index (χ2v) is 17.0. The molecule has 1 saturated heterocycles. The molecule has 1 aliphatic heterocycles. The van der Waals surface area contributed by atoms with Crippen LogP contribution in [0, 0.1) is 11.8 Å². The topological polar surface area (TPSA) is 192 Å². The number of nitrogens with one attached hydrogen (secondary N) is 3. The third-order valence-corrected chi connectivity index (χ3v) is 11.4. The van der Waals surface area contributed by atoms with E-state index in [0.29, 0.717) is 49.1 Å². The molecular weight excluding hydrogens is 706 g/mol. The fourth-order valence-corrected chi connectivity index (χ4v) is 8.54. The summed E-state index contributed by atoms with van der Waals surface area (Å²) >= 11 is 0. The number of alkyl carbamates (subject to hydrolysis) is 1. The average molecular weight is 758 g/mol. The van der Waals surface area contributed by atoms with Crippen molar-refractivity contribution < 1.29 is 46.0 Å². The van der Waals surface area contributed by atoms with Gasteiger partial charge >= 0.3 is 16.4 Å². The molecule has 2 heterocycles. The van der Waals surface area contributed by atoms with E-state index in [9.17, 15) is 27.6 Å². The Hall–Kier alpha value is -4.18. The fraction of sp³-hybridized carbons (Fsp3) is 0.649. The Morgan fingerprint density at radius 1 is 1.04 bits per heavy atom. The van der Waals surface area contributed by atoms with Crippen LogP contribution in [0.5, 0.6) is 11.6 Å². The molecule has 5 atom stereocenters. The van der Waals surface area contributed by atoms with E-state index in [4.69, 9.17) is 18.4 Å². The molecule has 4 fully saturated rings. The number of methoxy groups -OCH3 is 1.